The number of unbranched alkanes of at least 4 members (excludes halogenated alkanes) is 28. The van der Waals surface area contributed by atoms with Crippen molar-refractivity contribution in [1.29, 1.82) is 0 Å². The van der Waals surface area contributed by atoms with Gasteiger partial charge < -0.3 is 9.05 Å². The number of phosphoric acid groups is 1. The third kappa shape index (κ3) is 35.4. The van der Waals surface area contributed by atoms with E-state index in [-0.39, 0.29) is 0 Å². The van der Waals surface area contributed by atoms with Crippen molar-refractivity contribution < 1.29 is 18.5 Å². The lowest BCUT2D eigenvalue weighted by Crippen LogP contribution is -1.85. The van der Waals surface area contributed by atoms with Gasteiger partial charge in [0.25, 0.3) is 0 Å². The van der Waals surface area contributed by atoms with Crippen molar-refractivity contribution in [3.8, 4) is 0 Å². The van der Waals surface area contributed by atoms with E-state index in [0.29, 0.717) is 0 Å². The molecule has 41 heavy (non-hydrogen) atoms. The van der Waals surface area contributed by atoms with Crippen molar-refractivity contribution in [2.45, 2.75) is 206 Å². The Morgan fingerprint density at radius 3 is 0.878 bits per heavy atom. The molecule has 0 aromatic rings. The molecule has 0 radical (unpaired) electrons. The first-order chi connectivity index (χ1) is 20.1. The van der Waals surface area contributed by atoms with Crippen LogP contribution in [-0.4, -0.2) is 4.89 Å². The zero-order chi connectivity index (χ0) is 30.0. The second kappa shape index (κ2) is 33.8. The molecule has 0 aromatic carbocycles. The quantitative estimate of drug-likeness (QED) is 0.0455. The van der Waals surface area contributed by atoms with Gasteiger partial charge in [-0.2, -0.15) is 0 Å². The van der Waals surface area contributed by atoms with Gasteiger partial charge in [-0.1, -0.05) is 181 Å². The van der Waals surface area contributed by atoms with Crippen LogP contribution in [0.25, 0.3) is 0 Å². The maximum absolute atomic E-state index is 11.9. The Morgan fingerprint density at radius 2 is 0.634 bits per heavy atom. The summed E-state index contributed by atoms with van der Waals surface area (Å²) in [4.78, 5) is 9.77. The number of phosphoric ester groups is 1. The summed E-state index contributed by atoms with van der Waals surface area (Å²) in [5.74, 6) is 0. The fourth-order valence-electron chi connectivity index (χ4n) is 5.31. The molecule has 0 spiro atoms. The molecule has 0 amide bonds. The first-order valence-corrected chi connectivity index (χ1v) is 19.6. The van der Waals surface area contributed by atoms with Crippen molar-refractivity contribution in [2.24, 2.45) is 0 Å². The Morgan fingerprint density at radius 1 is 0.415 bits per heavy atom. The van der Waals surface area contributed by atoms with Crippen LogP contribution in [0, 0.1) is 0 Å². The Hall–Kier alpha value is -0.730. The van der Waals surface area contributed by atoms with Crippen LogP contribution in [0.1, 0.15) is 206 Å². The number of hydrogen-bond acceptors (Lipinski definition) is 3. The van der Waals surface area contributed by atoms with Gasteiger partial charge in [-0.25, -0.2) is 4.57 Å². The standard InChI is InChI=1S/C36H71O4P/c1-3-5-7-9-11-13-15-17-19-21-23-25-27-29-31-33-35-39-41(37,38)40-36-34-32-30-28-26-24-22-20-18-16-14-12-10-8-6-4-2/h33-36H,3-32H2,1-2H3,(H,37,38)/b35-33+,36-34+. The molecule has 0 aliphatic heterocycles. The van der Waals surface area contributed by atoms with E-state index in [1.54, 1.807) is 0 Å². The maximum atomic E-state index is 11.9. The summed E-state index contributed by atoms with van der Waals surface area (Å²) < 4.78 is 21.8. The third-order valence-electron chi connectivity index (χ3n) is 8.03. The highest BCUT2D eigenvalue weighted by Crippen LogP contribution is 2.43. The molecule has 244 valence electrons. The van der Waals surface area contributed by atoms with Crippen LogP contribution in [0.2, 0.25) is 0 Å². The predicted molar refractivity (Wildman–Crippen MR) is 180 cm³/mol. The van der Waals surface area contributed by atoms with Crippen LogP contribution in [0.5, 0.6) is 0 Å². The van der Waals surface area contributed by atoms with Gasteiger partial charge in [0, 0.05) is 0 Å². The molecule has 1 N–H and O–H groups in total. The maximum Gasteiger partial charge on any atom is 0.583 e. The zero-order valence-corrected chi connectivity index (χ0v) is 28.5. The molecule has 0 saturated heterocycles. The Kier molecular flexibility index (Phi) is 33.2. The van der Waals surface area contributed by atoms with Crippen LogP contribution in [0.15, 0.2) is 24.7 Å². The Labute approximate surface area is 257 Å². The molecule has 0 aromatic heterocycles. The van der Waals surface area contributed by atoms with Gasteiger partial charge in [0.05, 0.1) is 12.5 Å². The number of hydrogen-bond donors (Lipinski definition) is 1. The molecule has 0 bridgehead atoms. The van der Waals surface area contributed by atoms with Crippen LogP contribution >= 0.6 is 7.82 Å². The molecule has 0 aliphatic rings. The van der Waals surface area contributed by atoms with Crippen LogP contribution < -0.4 is 0 Å². The van der Waals surface area contributed by atoms with Gasteiger partial charge >= 0.3 is 7.82 Å². The smallest absolute Gasteiger partial charge is 0.404 e. The molecule has 5 heteroatoms. The van der Waals surface area contributed by atoms with E-state index < -0.39 is 7.82 Å². The Balaban J connectivity index is 3.41. The molecule has 0 fully saturated rings. The fraction of sp³-hybridized carbons (Fsp3) is 0.889. The minimum Gasteiger partial charge on any atom is -0.404 e. The van der Waals surface area contributed by atoms with E-state index in [0.717, 1.165) is 25.7 Å². The van der Waals surface area contributed by atoms with Crippen LogP contribution in [0.4, 0.5) is 0 Å². The fourth-order valence-corrected chi connectivity index (χ4v) is 5.84. The average Bonchev–Trinajstić information content (AvgIpc) is 2.96. The summed E-state index contributed by atoms with van der Waals surface area (Å²) in [5, 5.41) is 0. The van der Waals surface area contributed by atoms with E-state index in [1.807, 2.05) is 12.2 Å². The van der Waals surface area contributed by atoms with Crippen molar-refractivity contribution in [1.82, 2.24) is 0 Å². The summed E-state index contributed by atoms with van der Waals surface area (Å²) in [6.45, 7) is 4.55. The summed E-state index contributed by atoms with van der Waals surface area (Å²) in [6.07, 6.45) is 45.7. The highest BCUT2D eigenvalue weighted by atomic mass is 31.2. The third-order valence-corrected chi connectivity index (χ3v) is 8.81. The first-order valence-electron chi connectivity index (χ1n) is 18.1. The zero-order valence-electron chi connectivity index (χ0n) is 27.6. The van der Waals surface area contributed by atoms with Gasteiger partial charge in [0.2, 0.25) is 0 Å². The topological polar surface area (TPSA) is 55.8 Å². The normalized spacial score (nSPS) is 12.2. The second-order valence-electron chi connectivity index (χ2n) is 12.2. The van der Waals surface area contributed by atoms with Gasteiger partial charge in [-0.3, -0.25) is 4.89 Å². The van der Waals surface area contributed by atoms with Crippen molar-refractivity contribution in [3.63, 3.8) is 0 Å². The molecular formula is C36H71O4P. The monoisotopic (exact) mass is 599 g/mol. The molecule has 0 aliphatic carbocycles. The molecule has 0 saturated carbocycles. The molecule has 0 atom stereocenters. The average molecular weight is 599 g/mol. The molecular weight excluding hydrogens is 527 g/mol. The summed E-state index contributed by atoms with van der Waals surface area (Å²) in [6, 6.07) is 0. The van der Waals surface area contributed by atoms with Gasteiger partial charge in [0.1, 0.15) is 0 Å². The van der Waals surface area contributed by atoms with Gasteiger partial charge in [-0.05, 0) is 37.8 Å². The highest BCUT2D eigenvalue weighted by molar-refractivity contribution is 7.47. The Bertz CT molecular complexity index is 556. The van der Waals surface area contributed by atoms with E-state index in [1.165, 1.54) is 179 Å². The van der Waals surface area contributed by atoms with E-state index in [4.69, 9.17) is 9.05 Å². The summed E-state index contributed by atoms with van der Waals surface area (Å²) >= 11 is 0. The number of allylic oxidation sites excluding steroid dienone is 2. The molecule has 0 unspecified atom stereocenters. The number of rotatable bonds is 34. The summed E-state index contributed by atoms with van der Waals surface area (Å²) in [5.41, 5.74) is 0. The second-order valence-corrected chi connectivity index (χ2v) is 13.6. The van der Waals surface area contributed by atoms with Crippen molar-refractivity contribution in [2.75, 3.05) is 0 Å². The predicted octanol–water partition coefficient (Wildman–Crippen LogP) is 13.9. The SMILES string of the molecule is CCCCCCCCCCCCCCCC/C=C/OP(=O)(O)O/C=C/CCCCCCCCCCCCCCCC. The van der Waals surface area contributed by atoms with E-state index >= 15 is 0 Å². The van der Waals surface area contributed by atoms with Crippen LogP contribution in [-0.2, 0) is 13.6 Å². The summed E-state index contributed by atoms with van der Waals surface area (Å²) in [7, 11) is -4.05. The first kappa shape index (κ1) is 40.3. The lowest BCUT2D eigenvalue weighted by molar-refractivity contribution is 0.243. The van der Waals surface area contributed by atoms with E-state index in [9.17, 15) is 9.46 Å². The molecule has 0 heterocycles. The lowest BCUT2D eigenvalue weighted by atomic mass is 10.0. The van der Waals surface area contributed by atoms with Crippen LogP contribution in [0.3, 0.4) is 0 Å². The minimum atomic E-state index is -4.05. The van der Waals surface area contributed by atoms with Gasteiger partial charge in [-0.15, -0.1) is 0 Å². The largest absolute Gasteiger partial charge is 0.583 e. The van der Waals surface area contributed by atoms with Gasteiger partial charge in [0.15, 0.2) is 0 Å². The van der Waals surface area contributed by atoms with E-state index in [2.05, 4.69) is 13.8 Å². The lowest BCUT2D eigenvalue weighted by Gasteiger charge is -2.07. The molecule has 4 nitrogen and oxygen atoms in total. The highest BCUT2D eigenvalue weighted by Gasteiger charge is 2.19. The minimum absolute atomic E-state index is 0.868. The van der Waals surface area contributed by atoms with Crippen molar-refractivity contribution in [3.05, 3.63) is 24.7 Å². The van der Waals surface area contributed by atoms with Crippen molar-refractivity contribution >= 4 is 7.82 Å². The molecule has 0 rings (SSSR count).